The molecule has 1 aliphatic rings. The molecule has 6 heteroatoms. The molecule has 1 fully saturated rings. The fourth-order valence-electron chi connectivity index (χ4n) is 2.89. The van der Waals surface area contributed by atoms with Crippen molar-refractivity contribution in [1.82, 2.24) is 10.2 Å². The van der Waals surface area contributed by atoms with E-state index in [0.29, 0.717) is 12.3 Å². The maximum atomic E-state index is 13.0. The molecule has 0 aliphatic carbocycles. The topological polar surface area (TPSA) is 54.7 Å². The second-order valence-corrected chi connectivity index (χ2v) is 6.77. The number of carbonyl (C=O) groups is 1. The van der Waals surface area contributed by atoms with Gasteiger partial charge in [-0.05, 0) is 50.2 Å². The van der Waals surface area contributed by atoms with E-state index in [1.54, 1.807) is 24.3 Å². The molecular formula is C19H23FN2O3. The third kappa shape index (κ3) is 4.27. The summed E-state index contributed by atoms with van der Waals surface area (Å²) in [5, 5.41) is 2.94. The van der Waals surface area contributed by atoms with Crippen LogP contribution >= 0.6 is 0 Å². The molecule has 5 nitrogen and oxygen atoms in total. The van der Waals surface area contributed by atoms with Crippen LogP contribution in [-0.2, 0) is 4.74 Å². The van der Waals surface area contributed by atoms with Crippen molar-refractivity contribution in [3.05, 3.63) is 48.0 Å². The van der Waals surface area contributed by atoms with Crippen molar-refractivity contribution in [1.29, 1.82) is 0 Å². The zero-order valence-electron chi connectivity index (χ0n) is 14.5. The van der Waals surface area contributed by atoms with Gasteiger partial charge >= 0.3 is 0 Å². The lowest BCUT2D eigenvalue weighted by atomic mass is 10.0. The number of halogens is 1. The minimum atomic E-state index is -0.307. The van der Waals surface area contributed by atoms with Crippen molar-refractivity contribution in [3.63, 3.8) is 0 Å². The summed E-state index contributed by atoms with van der Waals surface area (Å²) in [6.07, 6.45) is 0. The predicted molar refractivity (Wildman–Crippen MR) is 92.9 cm³/mol. The first kappa shape index (κ1) is 17.6. The highest BCUT2D eigenvalue weighted by molar-refractivity contribution is 5.92. The molecular weight excluding hydrogens is 323 g/mol. The van der Waals surface area contributed by atoms with Gasteiger partial charge in [0.2, 0.25) is 0 Å². The van der Waals surface area contributed by atoms with Crippen LogP contribution in [-0.4, -0.2) is 49.2 Å². The van der Waals surface area contributed by atoms with E-state index in [1.165, 1.54) is 12.1 Å². The van der Waals surface area contributed by atoms with E-state index in [1.807, 2.05) is 0 Å². The highest BCUT2D eigenvalue weighted by Crippen LogP contribution is 2.22. The Kier molecular flexibility index (Phi) is 5.20. The van der Waals surface area contributed by atoms with Crippen LogP contribution in [0.1, 0.15) is 24.4 Å². The number of hydrogen-bond donors (Lipinski definition) is 1. The van der Waals surface area contributed by atoms with Gasteiger partial charge in [0.1, 0.15) is 11.6 Å². The van der Waals surface area contributed by atoms with Crippen LogP contribution in [0.2, 0.25) is 0 Å². The van der Waals surface area contributed by atoms with Crippen molar-refractivity contribution in [2.24, 2.45) is 0 Å². The van der Waals surface area contributed by atoms with Crippen molar-refractivity contribution in [2.45, 2.75) is 19.4 Å². The molecule has 2 heterocycles. The number of ether oxygens (including phenoxy) is 1. The SMILES string of the molecule is CC(C)(CNC(=O)c1ccc(-c2ccc(F)cc2)o1)N1CCOCC1. The van der Waals surface area contributed by atoms with Crippen molar-refractivity contribution < 1.29 is 18.3 Å². The number of hydrogen-bond acceptors (Lipinski definition) is 4. The van der Waals surface area contributed by atoms with Crippen LogP contribution in [0.25, 0.3) is 11.3 Å². The molecule has 134 valence electrons. The van der Waals surface area contributed by atoms with Crippen molar-refractivity contribution in [3.8, 4) is 11.3 Å². The molecule has 2 aromatic rings. The minimum Gasteiger partial charge on any atom is -0.451 e. The van der Waals surface area contributed by atoms with Gasteiger partial charge in [0.05, 0.1) is 13.2 Å². The molecule has 1 aromatic carbocycles. The maximum Gasteiger partial charge on any atom is 0.287 e. The number of nitrogens with zero attached hydrogens (tertiary/aromatic N) is 1. The molecule has 0 saturated carbocycles. The standard InChI is InChI=1S/C19H23FN2O3/c1-19(2,22-9-11-24-12-10-22)13-21-18(23)17-8-7-16(25-17)14-3-5-15(20)6-4-14/h3-8H,9-13H2,1-2H3,(H,21,23). The number of rotatable bonds is 5. The summed E-state index contributed by atoms with van der Waals surface area (Å²) in [4.78, 5) is 14.7. The normalized spacial score (nSPS) is 16.0. The third-order valence-corrected chi connectivity index (χ3v) is 4.51. The number of furan rings is 1. The Morgan fingerprint density at radius 2 is 1.84 bits per heavy atom. The largest absolute Gasteiger partial charge is 0.451 e. The van der Waals surface area contributed by atoms with E-state index in [0.717, 1.165) is 31.9 Å². The fraction of sp³-hybridized carbons (Fsp3) is 0.421. The Labute approximate surface area is 146 Å². The van der Waals surface area contributed by atoms with E-state index in [4.69, 9.17) is 9.15 Å². The van der Waals surface area contributed by atoms with Gasteiger partial charge in [-0.3, -0.25) is 9.69 Å². The molecule has 1 saturated heterocycles. The predicted octanol–water partition coefficient (Wildman–Crippen LogP) is 2.93. The van der Waals surface area contributed by atoms with E-state index in [9.17, 15) is 9.18 Å². The maximum absolute atomic E-state index is 13.0. The minimum absolute atomic E-state index is 0.161. The molecule has 1 N–H and O–H groups in total. The first-order chi connectivity index (χ1) is 12.0. The van der Waals surface area contributed by atoms with Gasteiger partial charge in [-0.25, -0.2) is 4.39 Å². The van der Waals surface area contributed by atoms with E-state index < -0.39 is 0 Å². The summed E-state index contributed by atoms with van der Waals surface area (Å²) in [5.74, 6) is 0.225. The lowest BCUT2D eigenvalue weighted by Gasteiger charge is -2.40. The second kappa shape index (κ2) is 7.37. The lowest BCUT2D eigenvalue weighted by Crippen LogP contribution is -2.55. The zero-order chi connectivity index (χ0) is 17.9. The van der Waals surface area contributed by atoms with Crippen LogP contribution in [0, 0.1) is 5.82 Å². The van der Waals surface area contributed by atoms with E-state index in [2.05, 4.69) is 24.1 Å². The third-order valence-electron chi connectivity index (χ3n) is 4.51. The monoisotopic (exact) mass is 346 g/mol. The molecule has 1 aliphatic heterocycles. The highest BCUT2D eigenvalue weighted by Gasteiger charge is 2.29. The molecule has 0 atom stereocenters. The van der Waals surface area contributed by atoms with Crippen LogP contribution in [0.5, 0.6) is 0 Å². The summed E-state index contributed by atoms with van der Waals surface area (Å²) in [6.45, 7) is 7.87. The molecule has 0 spiro atoms. The van der Waals surface area contributed by atoms with Crippen molar-refractivity contribution in [2.75, 3.05) is 32.8 Å². The van der Waals surface area contributed by atoms with Gasteiger partial charge in [-0.15, -0.1) is 0 Å². The molecule has 25 heavy (non-hydrogen) atoms. The number of morpholine rings is 1. The first-order valence-electron chi connectivity index (χ1n) is 8.42. The average molecular weight is 346 g/mol. The Bertz CT molecular complexity index is 719. The Balaban J connectivity index is 1.61. The Morgan fingerprint density at radius 3 is 2.52 bits per heavy atom. The van der Waals surface area contributed by atoms with Gasteiger partial charge < -0.3 is 14.5 Å². The summed E-state index contributed by atoms with van der Waals surface area (Å²) in [5.41, 5.74) is 0.570. The summed E-state index contributed by atoms with van der Waals surface area (Å²) >= 11 is 0. The zero-order valence-corrected chi connectivity index (χ0v) is 14.5. The van der Waals surface area contributed by atoms with Gasteiger partial charge in [0.25, 0.3) is 5.91 Å². The molecule has 0 radical (unpaired) electrons. The number of benzene rings is 1. The smallest absolute Gasteiger partial charge is 0.287 e. The first-order valence-corrected chi connectivity index (χ1v) is 8.42. The van der Waals surface area contributed by atoms with Gasteiger partial charge in [-0.2, -0.15) is 0 Å². The lowest BCUT2D eigenvalue weighted by molar-refractivity contribution is -0.00929. The molecule has 3 rings (SSSR count). The molecule has 0 unspecified atom stereocenters. The molecule has 0 bridgehead atoms. The Hall–Kier alpha value is -2.18. The van der Waals surface area contributed by atoms with E-state index >= 15 is 0 Å². The summed E-state index contributed by atoms with van der Waals surface area (Å²) < 4.78 is 24.0. The van der Waals surface area contributed by atoms with Crippen LogP contribution < -0.4 is 5.32 Å². The highest BCUT2D eigenvalue weighted by atomic mass is 19.1. The quantitative estimate of drug-likeness (QED) is 0.904. The van der Waals surface area contributed by atoms with Crippen LogP contribution in [0.4, 0.5) is 4.39 Å². The second-order valence-electron chi connectivity index (χ2n) is 6.77. The fourth-order valence-corrected chi connectivity index (χ4v) is 2.89. The van der Waals surface area contributed by atoms with Crippen LogP contribution in [0.15, 0.2) is 40.8 Å². The van der Waals surface area contributed by atoms with Gasteiger partial charge in [0.15, 0.2) is 5.76 Å². The van der Waals surface area contributed by atoms with Crippen LogP contribution in [0.3, 0.4) is 0 Å². The van der Waals surface area contributed by atoms with E-state index in [-0.39, 0.29) is 23.0 Å². The van der Waals surface area contributed by atoms with Gasteiger partial charge in [-0.1, -0.05) is 0 Å². The summed E-state index contributed by atoms with van der Waals surface area (Å²) in [7, 11) is 0. The number of carbonyl (C=O) groups excluding carboxylic acids is 1. The average Bonchev–Trinajstić information content (AvgIpc) is 3.11. The number of nitrogens with one attached hydrogen (secondary N) is 1. The van der Waals surface area contributed by atoms with Crippen molar-refractivity contribution >= 4 is 5.91 Å². The molecule has 1 aromatic heterocycles. The summed E-state index contributed by atoms with van der Waals surface area (Å²) in [6, 6.07) is 9.32. The number of amides is 1. The molecule has 1 amide bonds. The Morgan fingerprint density at radius 1 is 1.16 bits per heavy atom. The van der Waals surface area contributed by atoms with Gasteiger partial charge in [0, 0.05) is 30.7 Å².